The van der Waals surface area contributed by atoms with Crippen molar-refractivity contribution in [3.05, 3.63) is 28.3 Å². The second-order valence-corrected chi connectivity index (χ2v) is 4.22. The molecule has 0 saturated heterocycles. The van der Waals surface area contributed by atoms with Crippen molar-refractivity contribution in [3.8, 4) is 5.75 Å². The summed E-state index contributed by atoms with van der Waals surface area (Å²) in [5, 5.41) is 22.4. The number of nitrogens with two attached hydrogens (primary N) is 1. The fourth-order valence-corrected chi connectivity index (χ4v) is 1.26. The topological polar surface area (TPSA) is 118 Å². The lowest BCUT2D eigenvalue weighted by Crippen LogP contribution is -2.39. The molecule has 0 saturated carbocycles. The van der Waals surface area contributed by atoms with Crippen LogP contribution < -0.4 is 11.1 Å². The van der Waals surface area contributed by atoms with Gasteiger partial charge in [0.1, 0.15) is 5.75 Å². The van der Waals surface area contributed by atoms with Crippen molar-refractivity contribution in [2.24, 2.45) is 11.7 Å². The van der Waals surface area contributed by atoms with E-state index in [-0.39, 0.29) is 23.0 Å². The molecule has 4 N–H and O–H groups in total. The van der Waals surface area contributed by atoms with Gasteiger partial charge in [-0.2, -0.15) is 0 Å². The van der Waals surface area contributed by atoms with Crippen LogP contribution in [0.4, 0.5) is 11.4 Å². The number of nitro groups is 1. The normalized spacial score (nSPS) is 12.2. The van der Waals surface area contributed by atoms with Gasteiger partial charge in [-0.3, -0.25) is 14.9 Å². The number of carbonyl (C=O) groups is 1. The van der Waals surface area contributed by atoms with Gasteiger partial charge in [-0.1, -0.05) is 13.8 Å². The number of nitro benzene ring substituents is 1. The number of hydrogen-bond acceptors (Lipinski definition) is 5. The maximum atomic E-state index is 11.6. The van der Waals surface area contributed by atoms with Crippen LogP contribution in [0, 0.1) is 16.0 Å². The van der Waals surface area contributed by atoms with Crippen LogP contribution >= 0.6 is 0 Å². The van der Waals surface area contributed by atoms with Crippen LogP contribution in [0.25, 0.3) is 0 Å². The molecule has 0 spiro atoms. The summed E-state index contributed by atoms with van der Waals surface area (Å²) in [4.78, 5) is 21.5. The minimum absolute atomic E-state index is 0.0507. The zero-order valence-corrected chi connectivity index (χ0v) is 10.1. The number of amides is 1. The molecule has 0 bridgehead atoms. The summed E-state index contributed by atoms with van der Waals surface area (Å²) in [5.74, 6) is -0.868. The van der Waals surface area contributed by atoms with Gasteiger partial charge in [-0.15, -0.1) is 0 Å². The Morgan fingerprint density at radius 2 is 2.11 bits per heavy atom. The van der Waals surface area contributed by atoms with Gasteiger partial charge in [0.05, 0.1) is 22.7 Å². The van der Waals surface area contributed by atoms with Crippen molar-refractivity contribution in [2.45, 2.75) is 19.9 Å². The van der Waals surface area contributed by atoms with Gasteiger partial charge in [0.15, 0.2) is 0 Å². The summed E-state index contributed by atoms with van der Waals surface area (Å²) in [5.41, 5.74) is 5.48. The van der Waals surface area contributed by atoms with Crippen LogP contribution in [0.15, 0.2) is 18.2 Å². The van der Waals surface area contributed by atoms with Crippen molar-refractivity contribution < 1.29 is 14.8 Å². The Kier molecular flexibility index (Phi) is 4.22. The molecule has 1 rings (SSSR count). The number of aromatic hydroxyl groups is 1. The SMILES string of the molecule is CC(C)[C@H](N)C(=O)Nc1ccc([N+](=O)[O-])cc1O. The average molecular weight is 253 g/mol. The van der Waals surface area contributed by atoms with Crippen molar-refractivity contribution >= 4 is 17.3 Å². The van der Waals surface area contributed by atoms with Gasteiger partial charge in [0.2, 0.25) is 5.91 Å². The standard InChI is InChI=1S/C11H15N3O4/c1-6(2)10(12)11(16)13-8-4-3-7(14(17)18)5-9(8)15/h3-6,10,15H,12H2,1-2H3,(H,13,16)/t10-/m0/s1. The first-order chi connectivity index (χ1) is 8.32. The van der Waals surface area contributed by atoms with E-state index in [4.69, 9.17) is 5.73 Å². The molecule has 0 aromatic heterocycles. The maximum Gasteiger partial charge on any atom is 0.273 e. The molecule has 0 unspecified atom stereocenters. The summed E-state index contributed by atoms with van der Waals surface area (Å²) in [7, 11) is 0. The van der Waals surface area contributed by atoms with E-state index in [1.807, 2.05) is 0 Å². The number of hydrogen-bond donors (Lipinski definition) is 3. The molecule has 0 fully saturated rings. The molecule has 1 atom stereocenters. The third kappa shape index (κ3) is 3.17. The van der Waals surface area contributed by atoms with Gasteiger partial charge in [0.25, 0.3) is 5.69 Å². The summed E-state index contributed by atoms with van der Waals surface area (Å²) in [6.07, 6.45) is 0. The number of nitrogens with zero attached hydrogens (tertiary/aromatic N) is 1. The molecule has 7 nitrogen and oxygen atoms in total. The van der Waals surface area contributed by atoms with E-state index in [9.17, 15) is 20.0 Å². The molecule has 18 heavy (non-hydrogen) atoms. The number of phenolic OH excluding ortho intramolecular Hbond substituents is 1. The van der Waals surface area contributed by atoms with E-state index in [0.29, 0.717) is 0 Å². The molecule has 98 valence electrons. The molecule has 0 aliphatic rings. The molecule has 0 radical (unpaired) electrons. The minimum atomic E-state index is -0.709. The lowest BCUT2D eigenvalue weighted by atomic mass is 10.0. The minimum Gasteiger partial charge on any atom is -0.506 e. The van der Waals surface area contributed by atoms with E-state index in [1.165, 1.54) is 12.1 Å². The Morgan fingerprint density at radius 1 is 1.50 bits per heavy atom. The molecule has 1 aromatic rings. The van der Waals surface area contributed by atoms with E-state index in [2.05, 4.69) is 5.32 Å². The number of carbonyl (C=O) groups excluding carboxylic acids is 1. The highest BCUT2D eigenvalue weighted by Gasteiger charge is 2.19. The third-order valence-electron chi connectivity index (χ3n) is 2.47. The Bertz CT molecular complexity index is 473. The monoisotopic (exact) mass is 253 g/mol. The number of nitrogens with one attached hydrogen (secondary N) is 1. The lowest BCUT2D eigenvalue weighted by molar-refractivity contribution is -0.384. The smallest absolute Gasteiger partial charge is 0.273 e. The summed E-state index contributed by atoms with van der Waals surface area (Å²) >= 11 is 0. The predicted octanol–water partition coefficient (Wildman–Crippen LogP) is 1.22. The number of anilines is 1. The zero-order valence-electron chi connectivity index (χ0n) is 10.1. The van der Waals surface area contributed by atoms with E-state index in [1.54, 1.807) is 13.8 Å². The molecular formula is C11H15N3O4. The van der Waals surface area contributed by atoms with Crippen molar-refractivity contribution in [2.75, 3.05) is 5.32 Å². The van der Waals surface area contributed by atoms with E-state index >= 15 is 0 Å². The predicted molar refractivity (Wildman–Crippen MR) is 66.2 cm³/mol. The molecule has 0 aliphatic carbocycles. The number of benzene rings is 1. The number of rotatable bonds is 4. The van der Waals surface area contributed by atoms with Crippen molar-refractivity contribution in [3.63, 3.8) is 0 Å². The largest absolute Gasteiger partial charge is 0.506 e. The highest BCUT2D eigenvalue weighted by Crippen LogP contribution is 2.27. The fourth-order valence-electron chi connectivity index (χ4n) is 1.26. The number of phenols is 1. The van der Waals surface area contributed by atoms with Crippen molar-refractivity contribution in [1.82, 2.24) is 0 Å². The van der Waals surface area contributed by atoms with Gasteiger partial charge in [-0.25, -0.2) is 0 Å². The van der Waals surface area contributed by atoms with Crippen LogP contribution in [0.2, 0.25) is 0 Å². The van der Waals surface area contributed by atoms with Crippen LogP contribution in [0.5, 0.6) is 5.75 Å². The van der Waals surface area contributed by atoms with Crippen LogP contribution in [0.3, 0.4) is 0 Å². The van der Waals surface area contributed by atoms with Gasteiger partial charge >= 0.3 is 0 Å². The second kappa shape index (κ2) is 5.46. The van der Waals surface area contributed by atoms with E-state index < -0.39 is 16.9 Å². The van der Waals surface area contributed by atoms with Gasteiger partial charge < -0.3 is 16.2 Å². The molecular weight excluding hydrogens is 238 g/mol. The van der Waals surface area contributed by atoms with Crippen LogP contribution in [-0.2, 0) is 4.79 Å². The Hall–Kier alpha value is -2.15. The third-order valence-corrected chi connectivity index (χ3v) is 2.47. The summed E-state index contributed by atoms with van der Waals surface area (Å²) < 4.78 is 0. The average Bonchev–Trinajstić information content (AvgIpc) is 2.30. The van der Waals surface area contributed by atoms with Crippen LogP contribution in [0.1, 0.15) is 13.8 Å². The molecule has 7 heteroatoms. The first-order valence-corrected chi connectivity index (χ1v) is 5.36. The van der Waals surface area contributed by atoms with E-state index in [0.717, 1.165) is 6.07 Å². The second-order valence-electron chi connectivity index (χ2n) is 4.22. The highest BCUT2D eigenvalue weighted by molar-refractivity contribution is 5.96. The summed E-state index contributed by atoms with van der Waals surface area (Å²) in [6.45, 7) is 3.58. The first kappa shape index (κ1) is 13.9. The molecule has 0 aliphatic heterocycles. The van der Waals surface area contributed by atoms with Crippen molar-refractivity contribution in [1.29, 1.82) is 0 Å². The first-order valence-electron chi connectivity index (χ1n) is 5.36. The Labute approximate surface area is 104 Å². The van der Waals surface area contributed by atoms with Crippen LogP contribution in [-0.4, -0.2) is 22.0 Å². The maximum absolute atomic E-state index is 11.6. The molecule has 1 aromatic carbocycles. The lowest BCUT2D eigenvalue weighted by Gasteiger charge is -2.15. The Morgan fingerprint density at radius 3 is 2.56 bits per heavy atom. The quantitative estimate of drug-likeness (QED) is 0.423. The highest BCUT2D eigenvalue weighted by atomic mass is 16.6. The molecule has 0 heterocycles. The molecule has 1 amide bonds. The van der Waals surface area contributed by atoms with Gasteiger partial charge in [-0.05, 0) is 12.0 Å². The zero-order chi connectivity index (χ0) is 13.9. The Balaban J connectivity index is 2.86. The number of non-ortho nitro benzene ring substituents is 1. The fraction of sp³-hybridized carbons (Fsp3) is 0.364. The van der Waals surface area contributed by atoms with Gasteiger partial charge in [0, 0.05) is 6.07 Å². The summed E-state index contributed by atoms with van der Waals surface area (Å²) in [6, 6.07) is 2.71.